The number of amides is 1. The Morgan fingerprint density at radius 2 is 2.25 bits per heavy atom. The molecule has 0 saturated carbocycles. The minimum Gasteiger partial charge on any atom is -0.480 e. The fourth-order valence-corrected chi connectivity index (χ4v) is 3.84. The second-order valence-corrected chi connectivity index (χ2v) is 6.90. The van der Waals surface area contributed by atoms with Gasteiger partial charge in [0.15, 0.2) is 15.5 Å². The number of nitrogens with zero attached hydrogens (tertiary/aromatic N) is 3. The number of nitrogens with one attached hydrogen (secondary N) is 1. The van der Waals surface area contributed by atoms with Crippen LogP contribution in [-0.2, 0) is 21.2 Å². The van der Waals surface area contributed by atoms with E-state index in [1.807, 2.05) is 0 Å². The van der Waals surface area contributed by atoms with Crippen LogP contribution in [0.25, 0.3) is 0 Å². The second-order valence-electron chi connectivity index (χ2n) is 4.67. The summed E-state index contributed by atoms with van der Waals surface area (Å²) < 4.78 is 23.6. The van der Waals surface area contributed by atoms with Gasteiger partial charge < -0.3 is 10.4 Å². The van der Waals surface area contributed by atoms with E-state index in [1.54, 1.807) is 0 Å². The molecule has 2 heterocycles. The molecule has 1 saturated heterocycles. The van der Waals surface area contributed by atoms with Gasteiger partial charge in [0.25, 0.3) is 5.91 Å². The topological polar surface area (TPSA) is 131 Å². The monoisotopic (exact) mass is 302 g/mol. The van der Waals surface area contributed by atoms with E-state index < -0.39 is 21.7 Å². The molecule has 10 heteroatoms. The number of aliphatic carboxylic acids is 1. The summed E-state index contributed by atoms with van der Waals surface area (Å²) in [4.78, 5) is 22.2. The molecule has 0 bridgehead atoms. The molecule has 1 aliphatic rings. The van der Waals surface area contributed by atoms with Crippen LogP contribution in [-0.4, -0.2) is 58.4 Å². The first kappa shape index (κ1) is 14.4. The smallest absolute Gasteiger partial charge is 0.325 e. The van der Waals surface area contributed by atoms with E-state index in [0.29, 0.717) is 6.42 Å². The molecule has 20 heavy (non-hydrogen) atoms. The summed E-state index contributed by atoms with van der Waals surface area (Å²) in [7, 11) is -2.97. The maximum Gasteiger partial charge on any atom is 0.325 e. The molecular weight excluding hydrogens is 288 g/mol. The summed E-state index contributed by atoms with van der Waals surface area (Å²) >= 11 is 0. The highest BCUT2D eigenvalue weighted by Crippen LogP contribution is 2.17. The third-order valence-electron chi connectivity index (χ3n) is 2.95. The molecular formula is C10H14N4O5S. The lowest BCUT2D eigenvalue weighted by Crippen LogP contribution is -2.30. The fourth-order valence-electron chi connectivity index (χ4n) is 1.98. The molecule has 0 aromatic carbocycles. The molecule has 110 valence electrons. The lowest BCUT2D eigenvalue weighted by atomic mass is 10.1. The Bertz CT molecular complexity index is 623. The van der Waals surface area contributed by atoms with Gasteiger partial charge in [0, 0.05) is 6.54 Å². The van der Waals surface area contributed by atoms with Gasteiger partial charge in [-0.2, -0.15) is 0 Å². The van der Waals surface area contributed by atoms with Gasteiger partial charge in [-0.25, -0.2) is 13.1 Å². The van der Waals surface area contributed by atoms with E-state index in [-0.39, 0.29) is 36.2 Å². The van der Waals surface area contributed by atoms with Crippen molar-refractivity contribution in [1.82, 2.24) is 20.3 Å². The predicted octanol–water partition coefficient (Wildman–Crippen LogP) is -1.47. The summed E-state index contributed by atoms with van der Waals surface area (Å²) in [5.74, 6) is -1.43. The molecule has 1 atom stereocenters. The van der Waals surface area contributed by atoms with Crippen molar-refractivity contribution < 1.29 is 23.1 Å². The van der Waals surface area contributed by atoms with E-state index in [9.17, 15) is 18.0 Å². The number of carbonyl (C=O) groups excluding carboxylic acids is 1. The number of sulfone groups is 1. The van der Waals surface area contributed by atoms with E-state index in [0.717, 1.165) is 4.68 Å². The molecule has 0 aliphatic carbocycles. The van der Waals surface area contributed by atoms with Crippen molar-refractivity contribution in [3.63, 3.8) is 0 Å². The summed E-state index contributed by atoms with van der Waals surface area (Å²) in [6, 6.07) is 0. The predicted molar refractivity (Wildman–Crippen MR) is 66.8 cm³/mol. The van der Waals surface area contributed by atoms with Crippen molar-refractivity contribution in [3.05, 3.63) is 11.9 Å². The van der Waals surface area contributed by atoms with Gasteiger partial charge in [-0.3, -0.25) is 9.59 Å². The summed E-state index contributed by atoms with van der Waals surface area (Å²) in [5, 5.41) is 18.2. The number of carboxylic acid groups (broad SMARTS) is 1. The number of aromatic nitrogens is 3. The zero-order chi connectivity index (χ0) is 14.8. The first-order chi connectivity index (χ1) is 9.35. The molecule has 9 nitrogen and oxygen atoms in total. The normalized spacial score (nSPS) is 20.7. The molecule has 1 unspecified atom stereocenters. The average Bonchev–Trinajstić information content (AvgIpc) is 2.92. The number of carbonyl (C=O) groups is 2. The molecule has 2 N–H and O–H groups in total. The Morgan fingerprint density at radius 1 is 1.50 bits per heavy atom. The zero-order valence-corrected chi connectivity index (χ0v) is 11.3. The van der Waals surface area contributed by atoms with Crippen LogP contribution < -0.4 is 5.32 Å². The first-order valence-corrected chi connectivity index (χ1v) is 7.78. The standard InChI is InChI=1S/C10H14N4O5S/c15-9(16)5-14-4-8(12-13-14)10(17)11-3-7-1-2-20(18,19)6-7/h4,7H,1-3,5-6H2,(H,11,17)(H,15,16). The van der Waals surface area contributed by atoms with Crippen molar-refractivity contribution in [1.29, 1.82) is 0 Å². The highest BCUT2D eigenvalue weighted by Gasteiger charge is 2.28. The maximum atomic E-state index is 11.7. The minimum absolute atomic E-state index is 0.00658. The van der Waals surface area contributed by atoms with Crippen molar-refractivity contribution in [3.8, 4) is 0 Å². The Balaban J connectivity index is 1.86. The lowest BCUT2D eigenvalue weighted by Gasteiger charge is -2.07. The van der Waals surface area contributed by atoms with Gasteiger partial charge in [0.1, 0.15) is 6.54 Å². The molecule has 1 amide bonds. The van der Waals surface area contributed by atoms with Crippen molar-refractivity contribution >= 4 is 21.7 Å². The van der Waals surface area contributed by atoms with E-state index in [1.165, 1.54) is 6.20 Å². The highest BCUT2D eigenvalue weighted by molar-refractivity contribution is 7.91. The molecule has 0 radical (unpaired) electrons. The molecule has 1 aliphatic heterocycles. The van der Waals surface area contributed by atoms with Crippen LogP contribution >= 0.6 is 0 Å². The van der Waals surface area contributed by atoms with Crippen molar-refractivity contribution in [2.24, 2.45) is 5.92 Å². The van der Waals surface area contributed by atoms with Crippen LogP contribution in [0.1, 0.15) is 16.9 Å². The maximum absolute atomic E-state index is 11.7. The van der Waals surface area contributed by atoms with E-state index in [4.69, 9.17) is 5.11 Å². The van der Waals surface area contributed by atoms with Crippen LogP contribution in [0.4, 0.5) is 0 Å². The summed E-state index contributed by atoms with van der Waals surface area (Å²) in [6.45, 7) is -0.120. The number of carboxylic acids is 1. The highest BCUT2D eigenvalue weighted by atomic mass is 32.2. The first-order valence-electron chi connectivity index (χ1n) is 5.96. The second kappa shape index (κ2) is 5.57. The molecule has 1 aromatic rings. The number of hydrogen-bond donors (Lipinski definition) is 2. The van der Waals surface area contributed by atoms with Crippen LogP contribution in [0.5, 0.6) is 0 Å². The Morgan fingerprint density at radius 3 is 2.85 bits per heavy atom. The summed E-state index contributed by atoms with van der Waals surface area (Å²) in [6.07, 6.45) is 1.77. The average molecular weight is 302 g/mol. The Labute approximate surface area is 114 Å². The van der Waals surface area contributed by atoms with Crippen LogP contribution in [0.2, 0.25) is 0 Å². The van der Waals surface area contributed by atoms with Crippen LogP contribution in [0, 0.1) is 5.92 Å². The largest absolute Gasteiger partial charge is 0.480 e. The number of hydrogen-bond acceptors (Lipinski definition) is 6. The third kappa shape index (κ3) is 3.76. The van der Waals surface area contributed by atoms with Gasteiger partial charge in [-0.15, -0.1) is 5.10 Å². The van der Waals surface area contributed by atoms with Gasteiger partial charge in [0.2, 0.25) is 0 Å². The SMILES string of the molecule is O=C(O)Cn1cc(C(=O)NCC2CCS(=O)(=O)C2)nn1. The minimum atomic E-state index is -2.97. The zero-order valence-electron chi connectivity index (χ0n) is 10.5. The fraction of sp³-hybridized carbons (Fsp3) is 0.600. The molecule has 1 fully saturated rings. The lowest BCUT2D eigenvalue weighted by molar-refractivity contribution is -0.137. The van der Waals surface area contributed by atoms with E-state index >= 15 is 0 Å². The Hall–Kier alpha value is -1.97. The van der Waals surface area contributed by atoms with Gasteiger partial charge in [-0.05, 0) is 12.3 Å². The van der Waals surface area contributed by atoms with Crippen molar-refractivity contribution in [2.45, 2.75) is 13.0 Å². The van der Waals surface area contributed by atoms with Crippen LogP contribution in [0.3, 0.4) is 0 Å². The Kier molecular flexibility index (Phi) is 4.02. The molecule has 0 spiro atoms. The molecule has 2 rings (SSSR count). The summed E-state index contributed by atoms with van der Waals surface area (Å²) in [5.41, 5.74) is 0.00658. The van der Waals surface area contributed by atoms with Gasteiger partial charge in [0.05, 0.1) is 17.7 Å². The molecule has 1 aromatic heterocycles. The van der Waals surface area contributed by atoms with Gasteiger partial charge >= 0.3 is 5.97 Å². The van der Waals surface area contributed by atoms with Crippen molar-refractivity contribution in [2.75, 3.05) is 18.1 Å². The van der Waals surface area contributed by atoms with E-state index in [2.05, 4.69) is 15.6 Å². The van der Waals surface area contributed by atoms with Crippen LogP contribution in [0.15, 0.2) is 6.20 Å². The van der Waals surface area contributed by atoms with Gasteiger partial charge in [-0.1, -0.05) is 5.21 Å². The third-order valence-corrected chi connectivity index (χ3v) is 4.78. The number of rotatable bonds is 5. The quantitative estimate of drug-likeness (QED) is 0.678.